The van der Waals surface area contributed by atoms with Gasteiger partial charge in [0.1, 0.15) is 5.01 Å². The standard InChI is InChI=1S/C17H16N6O3S2/c1-10-8-27-16(20-10)11(7-18)12(24)9-28-17-22-21-15(13-3-2-6-26-13)23(17)5-4-14(19)25/h2-3,6,8,11H,4-5,9H2,1H3,(H2,19,25). The number of nitrogens with two attached hydrogens (primary N) is 1. The fourth-order valence-corrected chi connectivity index (χ4v) is 4.13. The van der Waals surface area contributed by atoms with Crippen LogP contribution in [0.3, 0.4) is 0 Å². The lowest BCUT2D eigenvalue weighted by Crippen LogP contribution is -2.16. The summed E-state index contributed by atoms with van der Waals surface area (Å²) in [7, 11) is 0. The van der Waals surface area contributed by atoms with Crippen LogP contribution in [-0.2, 0) is 16.1 Å². The Kier molecular flexibility index (Phi) is 6.23. The number of nitrogens with zero attached hydrogens (tertiary/aromatic N) is 5. The zero-order valence-corrected chi connectivity index (χ0v) is 16.5. The molecular formula is C17H16N6O3S2. The van der Waals surface area contributed by atoms with Crippen molar-refractivity contribution in [3.05, 3.63) is 34.5 Å². The van der Waals surface area contributed by atoms with Gasteiger partial charge in [-0.1, -0.05) is 11.8 Å². The molecule has 2 N–H and O–H groups in total. The van der Waals surface area contributed by atoms with Crippen molar-refractivity contribution in [3.63, 3.8) is 0 Å². The number of amides is 1. The summed E-state index contributed by atoms with van der Waals surface area (Å²) in [5.74, 6) is -0.709. The number of carbonyl (C=O) groups is 2. The zero-order valence-electron chi connectivity index (χ0n) is 14.9. The molecule has 0 aliphatic heterocycles. The number of ketones is 1. The first kappa shape index (κ1) is 19.8. The van der Waals surface area contributed by atoms with E-state index in [1.165, 1.54) is 17.6 Å². The number of carbonyl (C=O) groups excluding carboxylic acids is 2. The van der Waals surface area contributed by atoms with E-state index >= 15 is 0 Å². The number of hydrogen-bond acceptors (Lipinski definition) is 9. The number of aromatic nitrogens is 4. The third kappa shape index (κ3) is 4.47. The number of thioether (sulfide) groups is 1. The average Bonchev–Trinajstić information content (AvgIpc) is 3.39. The summed E-state index contributed by atoms with van der Waals surface area (Å²) in [5.41, 5.74) is 6.03. The van der Waals surface area contributed by atoms with Crippen LogP contribution in [0.2, 0.25) is 0 Å². The number of rotatable bonds is 9. The van der Waals surface area contributed by atoms with E-state index in [2.05, 4.69) is 15.2 Å². The lowest BCUT2D eigenvalue weighted by Gasteiger charge is -2.08. The minimum Gasteiger partial charge on any atom is -0.461 e. The summed E-state index contributed by atoms with van der Waals surface area (Å²) >= 11 is 2.43. The van der Waals surface area contributed by atoms with Crippen LogP contribution < -0.4 is 5.73 Å². The van der Waals surface area contributed by atoms with E-state index in [-0.39, 0.29) is 24.5 Å². The van der Waals surface area contributed by atoms with E-state index in [4.69, 9.17) is 10.2 Å². The van der Waals surface area contributed by atoms with Gasteiger partial charge in [-0.25, -0.2) is 4.98 Å². The Bertz CT molecular complexity index is 1020. The third-order valence-electron chi connectivity index (χ3n) is 3.72. The minimum atomic E-state index is -0.919. The number of thiazole rings is 1. The Morgan fingerprint density at radius 2 is 2.29 bits per heavy atom. The van der Waals surface area contributed by atoms with E-state index < -0.39 is 11.8 Å². The predicted octanol–water partition coefficient (Wildman–Crippen LogP) is 2.15. The van der Waals surface area contributed by atoms with Crippen molar-refractivity contribution in [1.82, 2.24) is 19.7 Å². The largest absolute Gasteiger partial charge is 0.461 e. The number of nitriles is 1. The normalized spacial score (nSPS) is 11.9. The molecule has 1 atom stereocenters. The van der Waals surface area contributed by atoms with Gasteiger partial charge in [0, 0.05) is 24.0 Å². The van der Waals surface area contributed by atoms with Gasteiger partial charge >= 0.3 is 0 Å². The molecule has 3 aromatic rings. The molecule has 0 aromatic carbocycles. The number of primary amides is 1. The summed E-state index contributed by atoms with van der Waals surface area (Å²) in [6.45, 7) is 2.06. The fourth-order valence-electron chi connectivity index (χ4n) is 2.40. The maximum absolute atomic E-state index is 12.5. The van der Waals surface area contributed by atoms with Crippen molar-refractivity contribution < 1.29 is 14.0 Å². The molecule has 0 aliphatic rings. The van der Waals surface area contributed by atoms with Crippen LogP contribution in [0.4, 0.5) is 0 Å². The van der Waals surface area contributed by atoms with Crippen LogP contribution >= 0.6 is 23.1 Å². The minimum absolute atomic E-state index is 0.0176. The van der Waals surface area contributed by atoms with Crippen molar-refractivity contribution >= 4 is 34.8 Å². The lowest BCUT2D eigenvalue weighted by atomic mass is 10.1. The van der Waals surface area contributed by atoms with Crippen molar-refractivity contribution in [3.8, 4) is 17.7 Å². The highest BCUT2D eigenvalue weighted by atomic mass is 32.2. The molecule has 144 valence electrons. The molecular weight excluding hydrogens is 400 g/mol. The van der Waals surface area contributed by atoms with Gasteiger partial charge < -0.3 is 10.2 Å². The molecule has 11 heteroatoms. The van der Waals surface area contributed by atoms with E-state index in [0.717, 1.165) is 17.5 Å². The molecule has 3 aromatic heterocycles. The Morgan fingerprint density at radius 3 is 2.89 bits per heavy atom. The van der Waals surface area contributed by atoms with E-state index in [0.29, 0.717) is 21.7 Å². The van der Waals surface area contributed by atoms with Crippen LogP contribution in [0.1, 0.15) is 23.0 Å². The maximum Gasteiger partial charge on any atom is 0.219 e. The molecule has 9 nitrogen and oxygen atoms in total. The van der Waals surface area contributed by atoms with Gasteiger partial charge in [-0.15, -0.1) is 21.5 Å². The Morgan fingerprint density at radius 1 is 1.46 bits per heavy atom. The Balaban J connectivity index is 1.77. The number of furan rings is 1. The van der Waals surface area contributed by atoms with Crippen LogP contribution in [0.25, 0.3) is 11.6 Å². The molecule has 0 bridgehead atoms. The summed E-state index contributed by atoms with van der Waals surface area (Å²) in [4.78, 5) is 28.0. The molecule has 3 rings (SSSR count). The van der Waals surface area contributed by atoms with Crippen LogP contribution in [0.15, 0.2) is 33.3 Å². The molecule has 0 saturated heterocycles. The quantitative estimate of drug-likeness (QED) is 0.523. The maximum atomic E-state index is 12.5. The second-order valence-electron chi connectivity index (χ2n) is 5.80. The Labute approximate surface area is 168 Å². The average molecular weight is 416 g/mol. The van der Waals surface area contributed by atoms with Gasteiger partial charge in [0.15, 0.2) is 28.4 Å². The molecule has 0 fully saturated rings. The fraction of sp³-hybridized carbons (Fsp3) is 0.294. The summed E-state index contributed by atoms with van der Waals surface area (Å²) in [6, 6.07) is 5.45. The van der Waals surface area contributed by atoms with Crippen molar-refractivity contribution in [2.24, 2.45) is 5.73 Å². The molecule has 3 heterocycles. The van der Waals surface area contributed by atoms with Gasteiger partial charge in [-0.3, -0.25) is 14.2 Å². The van der Waals surface area contributed by atoms with Crippen LogP contribution in [-0.4, -0.2) is 37.2 Å². The highest BCUT2D eigenvalue weighted by Gasteiger charge is 2.25. The second-order valence-corrected chi connectivity index (χ2v) is 7.63. The first-order valence-electron chi connectivity index (χ1n) is 8.22. The first-order chi connectivity index (χ1) is 13.5. The predicted molar refractivity (Wildman–Crippen MR) is 102 cm³/mol. The van der Waals surface area contributed by atoms with Crippen molar-refractivity contribution in [2.75, 3.05) is 5.75 Å². The topological polar surface area (TPSA) is 141 Å². The highest BCUT2D eigenvalue weighted by Crippen LogP contribution is 2.27. The smallest absolute Gasteiger partial charge is 0.219 e. The molecule has 28 heavy (non-hydrogen) atoms. The van der Waals surface area contributed by atoms with Gasteiger partial charge in [0.2, 0.25) is 5.91 Å². The van der Waals surface area contributed by atoms with Gasteiger partial charge in [-0.05, 0) is 19.1 Å². The van der Waals surface area contributed by atoms with Gasteiger partial charge in [0.25, 0.3) is 0 Å². The summed E-state index contributed by atoms with van der Waals surface area (Å²) in [6.07, 6.45) is 1.60. The summed E-state index contributed by atoms with van der Waals surface area (Å²) < 4.78 is 7.03. The van der Waals surface area contributed by atoms with E-state index in [1.807, 2.05) is 13.0 Å². The number of aryl methyl sites for hydroxylation is 1. The summed E-state index contributed by atoms with van der Waals surface area (Å²) in [5, 5.41) is 20.3. The van der Waals surface area contributed by atoms with Crippen LogP contribution in [0.5, 0.6) is 0 Å². The molecule has 1 unspecified atom stereocenters. The van der Waals surface area contributed by atoms with Crippen molar-refractivity contribution in [2.45, 2.75) is 31.0 Å². The van der Waals surface area contributed by atoms with Gasteiger partial charge in [0.05, 0.1) is 18.1 Å². The van der Waals surface area contributed by atoms with E-state index in [9.17, 15) is 14.9 Å². The van der Waals surface area contributed by atoms with Gasteiger partial charge in [-0.2, -0.15) is 5.26 Å². The molecule has 0 spiro atoms. The first-order valence-corrected chi connectivity index (χ1v) is 10.1. The number of hydrogen-bond donors (Lipinski definition) is 1. The highest BCUT2D eigenvalue weighted by molar-refractivity contribution is 7.99. The lowest BCUT2D eigenvalue weighted by molar-refractivity contribution is -0.118. The Hall–Kier alpha value is -2.97. The monoisotopic (exact) mass is 416 g/mol. The SMILES string of the molecule is Cc1csc(C(C#N)C(=O)CSc2nnc(-c3ccco3)n2CCC(N)=O)n1. The van der Waals surface area contributed by atoms with Crippen molar-refractivity contribution in [1.29, 1.82) is 5.26 Å². The molecule has 0 saturated carbocycles. The third-order valence-corrected chi connectivity index (χ3v) is 5.74. The van der Waals surface area contributed by atoms with Crippen LogP contribution in [0, 0.1) is 18.3 Å². The molecule has 0 aliphatic carbocycles. The second kappa shape index (κ2) is 8.81. The number of Topliss-reactive ketones (excluding diaryl/α,β-unsaturated/α-hetero) is 1. The van der Waals surface area contributed by atoms with E-state index in [1.54, 1.807) is 22.1 Å². The molecule has 1 amide bonds. The molecule has 0 radical (unpaired) electrons. The zero-order chi connectivity index (χ0) is 20.1.